The van der Waals surface area contributed by atoms with Crippen molar-refractivity contribution in [3.8, 4) is 0 Å². The van der Waals surface area contributed by atoms with Crippen LogP contribution in [0.1, 0.15) is 56.5 Å². The highest BCUT2D eigenvalue weighted by Gasteiger charge is 2.44. The molecule has 3 aromatic carbocycles. The van der Waals surface area contributed by atoms with E-state index < -0.39 is 14.7 Å². The zero-order valence-corrected chi connectivity index (χ0v) is 28.0. The van der Waals surface area contributed by atoms with E-state index >= 15 is 0 Å². The van der Waals surface area contributed by atoms with Crippen LogP contribution in [-0.4, -0.2) is 36.2 Å². The summed E-state index contributed by atoms with van der Waals surface area (Å²) >= 11 is 0. The van der Waals surface area contributed by atoms with Crippen LogP contribution in [0.2, 0.25) is 0 Å². The number of aryl methyl sites for hydroxylation is 2. The van der Waals surface area contributed by atoms with Gasteiger partial charge in [-0.05, 0) is 107 Å². The second kappa shape index (κ2) is 15.0. The third-order valence-corrected chi connectivity index (χ3v) is 13.2. The van der Waals surface area contributed by atoms with Crippen LogP contribution in [0, 0.1) is 13.8 Å². The zero-order chi connectivity index (χ0) is 32.7. The molecule has 1 amide bonds. The Bertz CT molecular complexity index is 1650. The van der Waals surface area contributed by atoms with Gasteiger partial charge in [-0.15, -0.1) is 0 Å². The van der Waals surface area contributed by atoms with Gasteiger partial charge in [0.1, 0.15) is 23.2 Å². The first kappa shape index (κ1) is 33.3. The molecule has 8 heteroatoms. The van der Waals surface area contributed by atoms with E-state index in [0.717, 1.165) is 40.3 Å². The Labute approximate surface area is 272 Å². The van der Waals surface area contributed by atoms with E-state index in [0.29, 0.717) is 35.6 Å². The number of carbonyl (C=O) groups excluding carboxylic acids is 1. The standard InChI is InChI=1S/C38H41BF2N3OP/c1-28-26-30(3)43-37(28)35(38-29(2)27-31(4)44(38)39(40)41)22-23-36(45)42-24-14-15-25-46(32-16-8-5-9-17-32,33-18-10-6-11-19-33)34-20-12-7-13-21-34/h5-13,16-21,26-27H,14-15,22-25H2,1-4H3/p+1/b37-35-. The summed E-state index contributed by atoms with van der Waals surface area (Å²) in [5.74, 6) is -0.0850. The average molecular weight is 637 g/mol. The molecule has 1 aromatic heterocycles. The molecule has 1 N–H and O–H groups in total. The number of allylic oxidation sites excluding steroid dienone is 3. The Morgan fingerprint density at radius 3 is 1.83 bits per heavy atom. The van der Waals surface area contributed by atoms with Gasteiger partial charge in [-0.2, -0.15) is 0 Å². The molecule has 46 heavy (non-hydrogen) atoms. The van der Waals surface area contributed by atoms with Crippen LogP contribution in [0.15, 0.2) is 119 Å². The molecule has 0 fully saturated rings. The number of rotatable bonds is 13. The summed E-state index contributed by atoms with van der Waals surface area (Å²) < 4.78 is 29.4. The maximum atomic E-state index is 14.2. The molecule has 0 radical (unpaired) electrons. The molecular formula is C38H42BF2N3OP+. The Hall–Kier alpha value is -4.09. The van der Waals surface area contributed by atoms with Crippen molar-refractivity contribution in [2.24, 2.45) is 4.99 Å². The highest BCUT2D eigenvalue weighted by atomic mass is 31.2. The van der Waals surface area contributed by atoms with Crippen LogP contribution in [0.5, 0.6) is 0 Å². The van der Waals surface area contributed by atoms with E-state index in [2.05, 4.69) is 101 Å². The largest absolute Gasteiger partial charge is 0.677 e. The number of benzene rings is 3. The number of hydrogen-bond donors (Lipinski definition) is 1. The van der Waals surface area contributed by atoms with Gasteiger partial charge < -0.3 is 9.79 Å². The maximum Gasteiger partial charge on any atom is 0.677 e. The smallest absolute Gasteiger partial charge is 0.356 e. The lowest BCUT2D eigenvalue weighted by Crippen LogP contribution is -2.33. The van der Waals surface area contributed by atoms with Gasteiger partial charge in [0.25, 0.3) is 0 Å². The van der Waals surface area contributed by atoms with E-state index in [-0.39, 0.29) is 12.3 Å². The molecule has 0 aliphatic carbocycles. The molecule has 2 heterocycles. The van der Waals surface area contributed by atoms with Gasteiger partial charge in [-0.25, -0.2) is 0 Å². The summed E-state index contributed by atoms with van der Waals surface area (Å²) in [7, 11) is -4.60. The minimum Gasteiger partial charge on any atom is -0.356 e. The van der Waals surface area contributed by atoms with E-state index in [1.165, 1.54) is 15.9 Å². The minimum atomic E-state index is -2.68. The summed E-state index contributed by atoms with van der Waals surface area (Å²) in [6.45, 7) is 7.93. The van der Waals surface area contributed by atoms with E-state index in [1.54, 1.807) is 13.0 Å². The molecular weight excluding hydrogens is 594 g/mol. The lowest BCUT2D eigenvalue weighted by molar-refractivity contribution is -0.120. The number of aliphatic imine (C=N–C) groups is 1. The van der Waals surface area contributed by atoms with Gasteiger partial charge in [0, 0.05) is 35.6 Å². The summed E-state index contributed by atoms with van der Waals surface area (Å²) in [5.41, 5.74) is 4.85. The number of amides is 1. The number of nitrogens with one attached hydrogen (secondary N) is 1. The number of carbonyl (C=O) groups is 1. The minimum absolute atomic E-state index is 0.0850. The van der Waals surface area contributed by atoms with Gasteiger partial charge >= 0.3 is 7.40 Å². The normalized spacial score (nSPS) is 14.1. The van der Waals surface area contributed by atoms with Crippen molar-refractivity contribution < 1.29 is 13.4 Å². The first-order chi connectivity index (χ1) is 22.2. The summed E-state index contributed by atoms with van der Waals surface area (Å²) in [5, 5.41) is 7.16. The second-order valence-electron chi connectivity index (χ2n) is 12.0. The topological polar surface area (TPSA) is 46.4 Å². The van der Waals surface area contributed by atoms with Crippen LogP contribution in [0.25, 0.3) is 5.57 Å². The Morgan fingerprint density at radius 2 is 1.35 bits per heavy atom. The fraction of sp³-hybridized carbons (Fsp3) is 0.263. The van der Waals surface area contributed by atoms with Crippen molar-refractivity contribution in [2.75, 3.05) is 12.7 Å². The van der Waals surface area contributed by atoms with Crippen LogP contribution < -0.4 is 21.2 Å². The van der Waals surface area contributed by atoms with Gasteiger partial charge in [-0.3, -0.25) is 18.4 Å². The van der Waals surface area contributed by atoms with Crippen LogP contribution in [0.4, 0.5) is 8.63 Å². The molecule has 4 aromatic rings. The molecule has 1 aliphatic rings. The first-order valence-corrected chi connectivity index (χ1v) is 18.0. The van der Waals surface area contributed by atoms with E-state index in [4.69, 9.17) is 0 Å². The van der Waals surface area contributed by atoms with Crippen molar-refractivity contribution in [2.45, 2.75) is 53.4 Å². The van der Waals surface area contributed by atoms with Crippen molar-refractivity contribution >= 4 is 47.8 Å². The molecule has 5 rings (SSSR count). The molecule has 1 aliphatic heterocycles. The quantitative estimate of drug-likeness (QED) is 0.0914. The third-order valence-electron chi connectivity index (χ3n) is 8.71. The number of hydrogen-bond acceptors (Lipinski definition) is 2. The molecule has 0 bridgehead atoms. The van der Waals surface area contributed by atoms with Gasteiger partial charge in [0.05, 0.1) is 11.9 Å². The predicted molar refractivity (Wildman–Crippen MR) is 193 cm³/mol. The monoisotopic (exact) mass is 636 g/mol. The Kier molecular flexibility index (Phi) is 10.9. The van der Waals surface area contributed by atoms with E-state index in [1.807, 2.05) is 26.8 Å². The van der Waals surface area contributed by atoms with Crippen LogP contribution in [0.3, 0.4) is 0 Å². The lowest BCUT2D eigenvalue weighted by Gasteiger charge is -2.27. The number of nitrogens with zero attached hydrogens (tertiary/aromatic N) is 2. The van der Waals surface area contributed by atoms with Crippen molar-refractivity contribution in [3.05, 3.63) is 131 Å². The van der Waals surface area contributed by atoms with Crippen LogP contribution >= 0.6 is 7.26 Å². The van der Waals surface area contributed by atoms with Crippen molar-refractivity contribution in [3.63, 3.8) is 0 Å². The van der Waals surface area contributed by atoms with Crippen molar-refractivity contribution in [1.82, 2.24) is 9.79 Å². The summed E-state index contributed by atoms with van der Waals surface area (Å²) in [6.07, 6.45) is 5.25. The maximum absolute atomic E-state index is 14.2. The Morgan fingerprint density at radius 1 is 0.804 bits per heavy atom. The third kappa shape index (κ3) is 7.15. The molecule has 0 saturated heterocycles. The van der Waals surface area contributed by atoms with Gasteiger partial charge in [0.2, 0.25) is 5.91 Å². The first-order valence-electron chi connectivity index (χ1n) is 16.0. The number of aromatic nitrogens is 1. The fourth-order valence-electron chi connectivity index (χ4n) is 6.70. The number of unbranched alkanes of at least 4 members (excludes halogenated alkanes) is 1. The fourth-order valence-corrected chi connectivity index (χ4v) is 11.1. The molecule has 236 valence electrons. The lowest BCUT2D eigenvalue weighted by atomic mass is 9.97. The highest BCUT2D eigenvalue weighted by molar-refractivity contribution is 7.95. The zero-order valence-electron chi connectivity index (χ0n) is 27.1. The molecule has 0 spiro atoms. The molecule has 4 nitrogen and oxygen atoms in total. The van der Waals surface area contributed by atoms with Crippen molar-refractivity contribution in [1.29, 1.82) is 0 Å². The van der Waals surface area contributed by atoms with Crippen LogP contribution in [-0.2, 0) is 4.79 Å². The molecule has 0 atom stereocenters. The average Bonchev–Trinajstić information content (AvgIpc) is 3.56. The van der Waals surface area contributed by atoms with Gasteiger partial charge in [0.15, 0.2) is 0 Å². The molecule has 0 unspecified atom stereocenters. The van der Waals surface area contributed by atoms with E-state index in [9.17, 15) is 13.4 Å². The SMILES string of the molecule is CC1=CC(C)=N/C1=C(/CCC(=O)NCCCC[P+](c1ccccc1)(c1ccccc1)c1ccccc1)c1c(C)cc(C)n1B(F)F. The van der Waals surface area contributed by atoms with Gasteiger partial charge in [-0.1, -0.05) is 54.6 Å². The Balaban J connectivity index is 1.28. The summed E-state index contributed by atoms with van der Waals surface area (Å²) in [4.78, 5) is 17.8. The summed E-state index contributed by atoms with van der Waals surface area (Å²) in [6, 6.07) is 34.2. The highest BCUT2D eigenvalue weighted by Crippen LogP contribution is 2.55. The second-order valence-corrected chi connectivity index (χ2v) is 15.6. The number of halogens is 2. The molecule has 0 saturated carbocycles. The predicted octanol–water partition coefficient (Wildman–Crippen LogP) is 7.68.